The molecule has 0 saturated carbocycles. The normalized spacial score (nSPS) is 13.0. The summed E-state index contributed by atoms with van der Waals surface area (Å²) in [7, 11) is -3.80. The summed E-state index contributed by atoms with van der Waals surface area (Å²) in [6.45, 7) is 4.71. The summed E-state index contributed by atoms with van der Waals surface area (Å²) in [5.41, 5.74) is 2.06. The number of thioether (sulfide) groups is 1. The van der Waals surface area contributed by atoms with E-state index in [9.17, 15) is 13.2 Å². The number of carbonyl (C=O) groups is 1. The van der Waals surface area contributed by atoms with E-state index in [1.54, 1.807) is 18.2 Å². The van der Waals surface area contributed by atoms with Crippen LogP contribution in [0.3, 0.4) is 0 Å². The molecule has 2 aromatic carbocycles. The summed E-state index contributed by atoms with van der Waals surface area (Å²) in [5.74, 6) is 0.0323. The van der Waals surface area contributed by atoms with Gasteiger partial charge < -0.3 is 4.57 Å². The van der Waals surface area contributed by atoms with E-state index in [1.807, 2.05) is 29.7 Å². The number of unbranched alkanes of at least 4 members (excludes halogenated alkanes) is 1. The maximum atomic E-state index is 12.7. The Hall–Kier alpha value is -2.16. The second kappa shape index (κ2) is 8.46. The first-order valence-electron chi connectivity index (χ1n) is 9.10. The molecule has 0 amide bonds. The molecular formula is C20H23N3O3S2. The Labute approximate surface area is 169 Å². The van der Waals surface area contributed by atoms with E-state index < -0.39 is 10.0 Å². The van der Waals surface area contributed by atoms with Crippen LogP contribution in [0.4, 0.5) is 0 Å². The predicted octanol–water partition coefficient (Wildman–Crippen LogP) is 3.85. The fraction of sp³-hybridized carbons (Fsp3) is 0.300. The number of Topliss-reactive ketones (excluding diaryl/α,β-unsaturated/α-hetero) is 1. The number of nitrogens with two attached hydrogens (primary N) is 1. The van der Waals surface area contributed by atoms with Crippen LogP contribution >= 0.6 is 11.8 Å². The highest BCUT2D eigenvalue weighted by Gasteiger charge is 2.21. The van der Waals surface area contributed by atoms with Gasteiger partial charge in [-0.15, -0.1) is 0 Å². The van der Waals surface area contributed by atoms with Crippen LogP contribution in [0.2, 0.25) is 0 Å². The second-order valence-corrected chi connectivity index (χ2v) is 9.45. The highest BCUT2D eigenvalue weighted by Crippen LogP contribution is 2.30. The average molecular weight is 418 g/mol. The van der Waals surface area contributed by atoms with Crippen molar-refractivity contribution in [1.29, 1.82) is 0 Å². The number of rotatable bonds is 8. The molecule has 148 valence electrons. The molecule has 28 heavy (non-hydrogen) atoms. The quantitative estimate of drug-likeness (QED) is 0.444. The van der Waals surface area contributed by atoms with Crippen molar-refractivity contribution in [1.82, 2.24) is 9.55 Å². The minimum atomic E-state index is -3.80. The molecule has 6 nitrogen and oxygen atoms in total. The number of hydrogen-bond donors (Lipinski definition) is 1. The largest absolute Gasteiger partial charge is 0.319 e. The molecule has 2 N–H and O–H groups in total. The number of nitrogens with zero attached hydrogens (tertiary/aromatic N) is 2. The number of aryl methyl sites for hydroxylation is 1. The van der Waals surface area contributed by atoms with Crippen LogP contribution in [0.15, 0.2) is 58.6 Å². The average Bonchev–Trinajstić information content (AvgIpc) is 3.01. The number of imidazole rings is 1. The van der Waals surface area contributed by atoms with E-state index in [4.69, 9.17) is 5.14 Å². The van der Waals surface area contributed by atoms with E-state index >= 15 is 0 Å². The third-order valence-corrected chi connectivity index (χ3v) is 6.46. The Kier molecular flexibility index (Phi) is 6.22. The Morgan fingerprint density at radius 3 is 2.57 bits per heavy atom. The Morgan fingerprint density at radius 1 is 1.21 bits per heavy atom. The third kappa shape index (κ3) is 4.45. The first-order valence-corrected chi connectivity index (χ1v) is 11.5. The number of aromatic nitrogens is 2. The molecule has 0 aliphatic rings. The van der Waals surface area contributed by atoms with Crippen molar-refractivity contribution in [2.75, 3.05) is 0 Å². The molecule has 3 aromatic rings. The van der Waals surface area contributed by atoms with Crippen molar-refractivity contribution in [3.63, 3.8) is 0 Å². The smallest absolute Gasteiger partial charge is 0.238 e. The molecular weight excluding hydrogens is 394 g/mol. The summed E-state index contributed by atoms with van der Waals surface area (Å²) in [4.78, 5) is 17.4. The van der Waals surface area contributed by atoms with Gasteiger partial charge in [0.1, 0.15) is 0 Å². The van der Waals surface area contributed by atoms with E-state index in [2.05, 4.69) is 11.9 Å². The zero-order chi connectivity index (χ0) is 20.3. The fourth-order valence-corrected chi connectivity index (χ4v) is 4.50. The molecule has 0 bridgehead atoms. The Morgan fingerprint density at radius 2 is 1.93 bits per heavy atom. The number of carbonyl (C=O) groups excluding carboxylic acids is 1. The van der Waals surface area contributed by atoms with E-state index in [0.717, 1.165) is 24.9 Å². The lowest BCUT2D eigenvalue weighted by molar-refractivity contribution is 0.0994. The Balaban J connectivity index is 1.97. The van der Waals surface area contributed by atoms with Crippen LogP contribution in [0.1, 0.15) is 37.0 Å². The van der Waals surface area contributed by atoms with Gasteiger partial charge in [0.15, 0.2) is 10.9 Å². The van der Waals surface area contributed by atoms with Crippen molar-refractivity contribution in [2.45, 2.75) is 48.5 Å². The van der Waals surface area contributed by atoms with Gasteiger partial charge in [-0.3, -0.25) is 4.79 Å². The van der Waals surface area contributed by atoms with Crippen LogP contribution < -0.4 is 5.14 Å². The Bertz CT molecular complexity index is 1090. The molecule has 3 rings (SSSR count). The van der Waals surface area contributed by atoms with E-state index in [0.29, 0.717) is 16.2 Å². The third-order valence-electron chi connectivity index (χ3n) is 4.46. The van der Waals surface area contributed by atoms with Gasteiger partial charge in [-0.2, -0.15) is 0 Å². The summed E-state index contributed by atoms with van der Waals surface area (Å²) < 4.78 is 25.4. The fourth-order valence-electron chi connectivity index (χ4n) is 2.94. The number of primary sulfonamides is 1. The molecule has 8 heteroatoms. The van der Waals surface area contributed by atoms with Crippen LogP contribution in [0.25, 0.3) is 11.0 Å². The standard InChI is InChI=1S/C20H23N3O3S2/c1-3-4-12-23-18-11-10-16(28(21,25)26)13-17(18)22-20(23)27-14(2)19(24)15-8-6-5-7-9-15/h5-11,13-14H,3-4,12H2,1-2H3,(H2,21,25,26). The zero-order valence-electron chi connectivity index (χ0n) is 15.8. The van der Waals surface area contributed by atoms with Crippen molar-refractivity contribution >= 4 is 38.6 Å². The van der Waals surface area contributed by atoms with Gasteiger partial charge in [0.25, 0.3) is 0 Å². The monoisotopic (exact) mass is 417 g/mol. The molecule has 0 aliphatic carbocycles. The number of sulfonamides is 1. The molecule has 0 spiro atoms. The van der Waals surface area contributed by atoms with Crippen molar-refractivity contribution in [3.8, 4) is 0 Å². The van der Waals surface area contributed by atoms with Gasteiger partial charge in [-0.1, -0.05) is 55.4 Å². The molecule has 1 unspecified atom stereocenters. The lowest BCUT2D eigenvalue weighted by atomic mass is 10.1. The zero-order valence-corrected chi connectivity index (χ0v) is 17.5. The lowest BCUT2D eigenvalue weighted by Crippen LogP contribution is -2.14. The molecule has 1 aromatic heterocycles. The molecule has 0 fully saturated rings. The van der Waals surface area contributed by atoms with Crippen molar-refractivity contribution in [2.24, 2.45) is 5.14 Å². The van der Waals surface area contributed by atoms with Crippen LogP contribution in [0.5, 0.6) is 0 Å². The predicted molar refractivity (Wildman–Crippen MR) is 112 cm³/mol. The highest BCUT2D eigenvalue weighted by atomic mass is 32.2. The van der Waals surface area contributed by atoms with Gasteiger partial charge in [-0.05, 0) is 31.5 Å². The second-order valence-electron chi connectivity index (χ2n) is 6.59. The minimum absolute atomic E-state index is 0.0323. The molecule has 1 atom stereocenters. The SMILES string of the molecule is CCCCn1c(SC(C)C(=O)c2ccccc2)nc2cc(S(N)(=O)=O)ccc21. The van der Waals surface area contributed by atoms with Crippen LogP contribution in [0, 0.1) is 0 Å². The van der Waals surface area contributed by atoms with Gasteiger partial charge in [0, 0.05) is 12.1 Å². The molecule has 0 saturated heterocycles. The summed E-state index contributed by atoms with van der Waals surface area (Å²) in [5, 5.41) is 5.62. The number of fused-ring (bicyclic) bond motifs is 1. The summed E-state index contributed by atoms with van der Waals surface area (Å²) in [6.07, 6.45) is 1.97. The highest BCUT2D eigenvalue weighted by molar-refractivity contribution is 8.00. The van der Waals surface area contributed by atoms with Crippen LogP contribution in [-0.2, 0) is 16.6 Å². The summed E-state index contributed by atoms with van der Waals surface area (Å²) in [6, 6.07) is 13.9. The lowest BCUT2D eigenvalue weighted by Gasteiger charge is -2.12. The van der Waals surface area contributed by atoms with Crippen molar-refractivity contribution in [3.05, 3.63) is 54.1 Å². The molecule has 1 heterocycles. The molecule has 0 radical (unpaired) electrons. The maximum Gasteiger partial charge on any atom is 0.238 e. The van der Waals surface area contributed by atoms with E-state index in [-0.39, 0.29) is 15.9 Å². The van der Waals surface area contributed by atoms with Gasteiger partial charge in [0.2, 0.25) is 10.0 Å². The maximum absolute atomic E-state index is 12.7. The van der Waals surface area contributed by atoms with Crippen LogP contribution in [-0.4, -0.2) is 29.0 Å². The number of benzene rings is 2. The summed E-state index contributed by atoms with van der Waals surface area (Å²) >= 11 is 1.38. The topological polar surface area (TPSA) is 95.0 Å². The van der Waals surface area contributed by atoms with E-state index in [1.165, 1.54) is 23.9 Å². The molecule has 0 aliphatic heterocycles. The minimum Gasteiger partial charge on any atom is -0.319 e. The number of ketones is 1. The first-order chi connectivity index (χ1) is 13.3. The first kappa shape index (κ1) is 20.6. The van der Waals surface area contributed by atoms with Gasteiger partial charge in [-0.25, -0.2) is 18.5 Å². The van der Waals surface area contributed by atoms with Gasteiger partial charge in [0.05, 0.1) is 21.2 Å². The van der Waals surface area contributed by atoms with Gasteiger partial charge >= 0.3 is 0 Å². The number of hydrogen-bond acceptors (Lipinski definition) is 5. The van der Waals surface area contributed by atoms with Crippen molar-refractivity contribution < 1.29 is 13.2 Å².